The lowest BCUT2D eigenvalue weighted by Crippen LogP contribution is -2.29. The molecule has 1 N–H and O–H groups in total. The van der Waals surface area contributed by atoms with Gasteiger partial charge in [-0.3, -0.25) is 4.79 Å². The second-order valence-electron chi connectivity index (χ2n) is 3.81. The first-order valence-corrected chi connectivity index (χ1v) is 6.94. The average Bonchev–Trinajstić information content (AvgIpc) is 2.39. The maximum atomic E-state index is 11.3. The van der Waals surface area contributed by atoms with Crippen molar-refractivity contribution in [3.8, 4) is 5.75 Å². The summed E-state index contributed by atoms with van der Waals surface area (Å²) in [6, 6.07) is 7.62. The molecule has 1 aromatic carbocycles. The summed E-state index contributed by atoms with van der Waals surface area (Å²) in [5.41, 5.74) is 1.10. The van der Waals surface area contributed by atoms with Crippen LogP contribution in [0.4, 0.5) is 0 Å². The van der Waals surface area contributed by atoms with Crippen LogP contribution in [0.25, 0.3) is 0 Å². The fourth-order valence-electron chi connectivity index (χ4n) is 1.42. The fourth-order valence-corrected chi connectivity index (χ4v) is 1.97. The Bertz CT molecular complexity index is 419. The monoisotopic (exact) mass is 282 g/mol. The van der Waals surface area contributed by atoms with Crippen molar-refractivity contribution in [2.24, 2.45) is 0 Å². The number of amides is 1. The number of aliphatic carboxylic acids is 1. The number of methoxy groups -OCH3 is 1. The van der Waals surface area contributed by atoms with Gasteiger partial charge in [-0.25, -0.2) is 0 Å². The van der Waals surface area contributed by atoms with Gasteiger partial charge in [0.05, 0.1) is 18.8 Å². The Labute approximate surface area is 116 Å². The van der Waals surface area contributed by atoms with Gasteiger partial charge in [-0.05, 0) is 24.1 Å². The molecule has 0 aliphatic heterocycles. The van der Waals surface area contributed by atoms with E-state index < -0.39 is 5.97 Å². The first-order chi connectivity index (χ1) is 9.11. The number of ether oxygens (including phenoxy) is 1. The van der Waals surface area contributed by atoms with Crippen molar-refractivity contribution < 1.29 is 19.4 Å². The molecule has 1 rings (SSSR count). The van der Waals surface area contributed by atoms with E-state index in [1.54, 1.807) is 7.11 Å². The molecular formula is C13H16NO4S-. The quantitative estimate of drug-likeness (QED) is 0.716. The van der Waals surface area contributed by atoms with Gasteiger partial charge < -0.3 is 20.0 Å². The molecule has 0 spiro atoms. The van der Waals surface area contributed by atoms with E-state index >= 15 is 0 Å². The van der Waals surface area contributed by atoms with Gasteiger partial charge in [0.1, 0.15) is 5.75 Å². The predicted molar refractivity (Wildman–Crippen MR) is 72.0 cm³/mol. The van der Waals surface area contributed by atoms with E-state index in [4.69, 9.17) is 4.74 Å². The van der Waals surface area contributed by atoms with Crippen molar-refractivity contribution in [3.05, 3.63) is 29.8 Å². The standard InChI is InChI=1S/C13H17NO4S/c1-18-11-4-2-10(3-5-11)6-7-14-12(15)8-19-9-13(16)17/h2-5H,6-9H2,1H3,(H,14,15)(H,16,17)/p-1. The molecule has 0 saturated heterocycles. The van der Waals surface area contributed by atoms with Gasteiger partial charge in [0.2, 0.25) is 5.91 Å². The summed E-state index contributed by atoms with van der Waals surface area (Å²) in [5.74, 6) is -0.551. The lowest BCUT2D eigenvalue weighted by atomic mass is 10.1. The van der Waals surface area contributed by atoms with Crippen LogP contribution in [0.2, 0.25) is 0 Å². The van der Waals surface area contributed by atoms with Crippen LogP contribution in [0, 0.1) is 0 Å². The zero-order valence-corrected chi connectivity index (χ0v) is 11.5. The Morgan fingerprint density at radius 2 is 1.95 bits per heavy atom. The third kappa shape index (κ3) is 6.71. The Balaban J connectivity index is 2.18. The topological polar surface area (TPSA) is 78.5 Å². The Morgan fingerprint density at radius 1 is 1.26 bits per heavy atom. The van der Waals surface area contributed by atoms with Crippen LogP contribution in [-0.4, -0.2) is 37.0 Å². The van der Waals surface area contributed by atoms with Crippen LogP contribution in [-0.2, 0) is 16.0 Å². The van der Waals surface area contributed by atoms with Crippen molar-refractivity contribution in [1.29, 1.82) is 0 Å². The first kappa shape index (κ1) is 15.4. The third-order valence-corrected chi connectivity index (χ3v) is 3.25. The molecule has 5 nitrogen and oxygen atoms in total. The zero-order valence-electron chi connectivity index (χ0n) is 10.7. The smallest absolute Gasteiger partial charge is 0.230 e. The van der Waals surface area contributed by atoms with E-state index in [9.17, 15) is 14.7 Å². The van der Waals surface area contributed by atoms with Crippen LogP contribution in [0.15, 0.2) is 24.3 Å². The van der Waals surface area contributed by atoms with Crippen molar-refractivity contribution in [3.63, 3.8) is 0 Å². The van der Waals surface area contributed by atoms with E-state index in [1.165, 1.54) is 0 Å². The number of thioether (sulfide) groups is 1. The molecule has 0 atom stereocenters. The highest BCUT2D eigenvalue weighted by atomic mass is 32.2. The summed E-state index contributed by atoms with van der Waals surface area (Å²) < 4.78 is 5.05. The number of carboxylic acid groups (broad SMARTS) is 1. The van der Waals surface area contributed by atoms with Gasteiger partial charge in [-0.15, -0.1) is 11.8 Å². The number of carboxylic acids is 1. The van der Waals surface area contributed by atoms with Crippen LogP contribution < -0.4 is 15.2 Å². The molecule has 0 saturated carbocycles. The SMILES string of the molecule is COc1ccc(CCNC(=O)CSCC(=O)[O-])cc1. The molecule has 0 unspecified atom stereocenters. The molecule has 6 heteroatoms. The molecule has 0 aliphatic rings. The number of benzene rings is 1. The van der Waals surface area contributed by atoms with Gasteiger partial charge in [-0.1, -0.05) is 12.1 Å². The molecule has 0 radical (unpaired) electrons. The molecule has 1 aromatic rings. The Kier molecular flexibility index (Phi) is 6.81. The highest BCUT2D eigenvalue weighted by Gasteiger charge is 2.01. The zero-order chi connectivity index (χ0) is 14.1. The normalized spacial score (nSPS) is 9.95. The van der Waals surface area contributed by atoms with Crippen molar-refractivity contribution >= 4 is 23.6 Å². The Morgan fingerprint density at radius 3 is 2.53 bits per heavy atom. The van der Waals surface area contributed by atoms with Crippen molar-refractivity contribution in [1.82, 2.24) is 5.32 Å². The third-order valence-electron chi connectivity index (χ3n) is 2.35. The molecule has 0 aromatic heterocycles. The first-order valence-electron chi connectivity index (χ1n) is 5.79. The van der Waals surface area contributed by atoms with E-state index in [0.717, 1.165) is 29.5 Å². The summed E-state index contributed by atoms with van der Waals surface area (Å²) in [6.07, 6.45) is 0.723. The second kappa shape index (κ2) is 8.42. The van der Waals surface area contributed by atoms with Gasteiger partial charge in [0.25, 0.3) is 0 Å². The van der Waals surface area contributed by atoms with Gasteiger partial charge in [0, 0.05) is 12.3 Å². The minimum absolute atomic E-state index is 0.136. The fraction of sp³-hybridized carbons (Fsp3) is 0.385. The Hall–Kier alpha value is -1.69. The molecular weight excluding hydrogens is 266 g/mol. The molecule has 1 amide bonds. The molecule has 104 valence electrons. The lowest BCUT2D eigenvalue weighted by Gasteiger charge is -2.06. The number of hydrogen-bond donors (Lipinski definition) is 1. The van der Waals surface area contributed by atoms with E-state index in [0.29, 0.717) is 6.54 Å². The van der Waals surface area contributed by atoms with Crippen LogP contribution in [0.1, 0.15) is 5.56 Å². The number of rotatable bonds is 8. The van der Waals surface area contributed by atoms with Crippen LogP contribution in [0.3, 0.4) is 0 Å². The molecule has 0 bridgehead atoms. The lowest BCUT2D eigenvalue weighted by molar-refractivity contribution is -0.301. The van der Waals surface area contributed by atoms with Crippen molar-refractivity contribution in [2.45, 2.75) is 6.42 Å². The molecule has 0 heterocycles. The highest BCUT2D eigenvalue weighted by Crippen LogP contribution is 2.11. The van der Waals surface area contributed by atoms with Gasteiger partial charge in [0.15, 0.2) is 0 Å². The molecule has 0 fully saturated rings. The maximum Gasteiger partial charge on any atom is 0.230 e. The second-order valence-corrected chi connectivity index (χ2v) is 4.80. The number of hydrogen-bond acceptors (Lipinski definition) is 5. The summed E-state index contributed by atoms with van der Waals surface area (Å²) in [7, 11) is 1.61. The van der Waals surface area contributed by atoms with Crippen LogP contribution >= 0.6 is 11.8 Å². The molecule has 19 heavy (non-hydrogen) atoms. The van der Waals surface area contributed by atoms with Gasteiger partial charge in [-0.2, -0.15) is 0 Å². The van der Waals surface area contributed by atoms with Gasteiger partial charge >= 0.3 is 0 Å². The highest BCUT2D eigenvalue weighted by molar-refractivity contribution is 8.00. The largest absolute Gasteiger partial charge is 0.549 e. The summed E-state index contributed by atoms with van der Waals surface area (Å²) in [5, 5.41) is 12.9. The van der Waals surface area contributed by atoms with E-state index in [1.807, 2.05) is 24.3 Å². The summed E-state index contributed by atoms with van der Waals surface area (Å²) in [4.78, 5) is 21.5. The van der Waals surface area contributed by atoms with E-state index in [2.05, 4.69) is 5.32 Å². The van der Waals surface area contributed by atoms with Crippen molar-refractivity contribution in [2.75, 3.05) is 25.2 Å². The van der Waals surface area contributed by atoms with E-state index in [-0.39, 0.29) is 17.4 Å². The summed E-state index contributed by atoms with van der Waals surface area (Å²) >= 11 is 1.03. The number of carbonyl (C=O) groups is 2. The summed E-state index contributed by atoms with van der Waals surface area (Å²) in [6.45, 7) is 0.525. The molecule has 0 aliphatic carbocycles. The minimum atomic E-state index is -1.16. The average molecular weight is 282 g/mol. The maximum absolute atomic E-state index is 11.3. The number of carbonyl (C=O) groups excluding carboxylic acids is 2. The number of nitrogens with one attached hydrogen (secondary N) is 1. The predicted octanol–water partition coefficient (Wildman–Crippen LogP) is -0.163. The van der Waals surface area contributed by atoms with Crippen LogP contribution in [0.5, 0.6) is 5.75 Å². The minimum Gasteiger partial charge on any atom is -0.549 e.